The fourth-order valence-electron chi connectivity index (χ4n) is 1.68. The number of carbonyl (C=O) groups excluding carboxylic acids is 1. The van der Waals surface area contributed by atoms with Gasteiger partial charge in [0.05, 0.1) is 35.5 Å². The summed E-state index contributed by atoms with van der Waals surface area (Å²) in [4.78, 5) is 16.0. The molecule has 0 unspecified atom stereocenters. The fourth-order valence-corrected chi connectivity index (χ4v) is 2.08. The van der Waals surface area contributed by atoms with Crippen molar-refractivity contribution in [3.63, 3.8) is 0 Å². The molecule has 0 aliphatic heterocycles. The van der Waals surface area contributed by atoms with Crippen LogP contribution in [0, 0.1) is 0 Å². The number of methoxy groups -OCH3 is 2. The summed E-state index contributed by atoms with van der Waals surface area (Å²) in [6.07, 6.45) is 2.88. The molecule has 0 saturated carbocycles. The number of pyridine rings is 1. The molecule has 0 aliphatic rings. The van der Waals surface area contributed by atoms with Gasteiger partial charge in [0.2, 0.25) is 0 Å². The molecule has 0 atom stereocenters. The van der Waals surface area contributed by atoms with Gasteiger partial charge in [0.25, 0.3) is 5.91 Å². The van der Waals surface area contributed by atoms with Crippen molar-refractivity contribution in [1.29, 1.82) is 0 Å². The van der Waals surface area contributed by atoms with Crippen molar-refractivity contribution >= 4 is 34.8 Å². The van der Waals surface area contributed by atoms with E-state index < -0.39 is 5.91 Å². The molecule has 0 fully saturated rings. The van der Waals surface area contributed by atoms with E-state index in [4.69, 9.17) is 32.7 Å². The molecule has 1 heterocycles. The largest absolute Gasteiger partial charge is 0.493 e. The first-order chi connectivity index (χ1) is 10.1. The Morgan fingerprint density at radius 3 is 2.43 bits per heavy atom. The molecule has 2 aromatic rings. The Balaban J connectivity index is 2.31. The normalized spacial score (nSPS) is 10.1. The van der Waals surface area contributed by atoms with Crippen molar-refractivity contribution < 1.29 is 14.3 Å². The zero-order chi connectivity index (χ0) is 15.4. The number of halogens is 2. The lowest BCUT2D eigenvalue weighted by atomic mass is 10.2. The second kappa shape index (κ2) is 6.65. The third-order valence-electron chi connectivity index (χ3n) is 2.73. The first-order valence-corrected chi connectivity index (χ1v) is 6.64. The molecule has 1 N–H and O–H groups in total. The van der Waals surface area contributed by atoms with Crippen LogP contribution in [0.1, 0.15) is 10.4 Å². The van der Waals surface area contributed by atoms with E-state index in [9.17, 15) is 4.79 Å². The number of hydrogen-bond donors (Lipinski definition) is 1. The lowest BCUT2D eigenvalue weighted by Crippen LogP contribution is -2.13. The molecule has 1 aromatic carbocycles. The maximum Gasteiger partial charge on any atom is 0.258 e. The van der Waals surface area contributed by atoms with Crippen LogP contribution in [0.4, 0.5) is 5.69 Å². The van der Waals surface area contributed by atoms with Crippen LogP contribution < -0.4 is 14.8 Å². The molecule has 0 aliphatic carbocycles. The van der Waals surface area contributed by atoms with Crippen LogP contribution in [0.5, 0.6) is 11.5 Å². The molecule has 0 saturated heterocycles. The minimum atomic E-state index is -0.415. The van der Waals surface area contributed by atoms with Gasteiger partial charge < -0.3 is 14.8 Å². The highest BCUT2D eigenvalue weighted by atomic mass is 35.5. The van der Waals surface area contributed by atoms with Gasteiger partial charge in [-0.2, -0.15) is 0 Å². The molecule has 2 rings (SSSR count). The maximum atomic E-state index is 12.2. The van der Waals surface area contributed by atoms with E-state index in [2.05, 4.69) is 10.3 Å². The van der Waals surface area contributed by atoms with E-state index in [1.165, 1.54) is 32.7 Å². The van der Waals surface area contributed by atoms with Gasteiger partial charge in [0.1, 0.15) is 0 Å². The molecule has 1 aromatic heterocycles. The number of aromatic nitrogens is 1. The third-order valence-corrected chi connectivity index (χ3v) is 3.38. The number of hydrogen-bond acceptors (Lipinski definition) is 4. The number of rotatable bonds is 4. The summed E-state index contributed by atoms with van der Waals surface area (Å²) < 4.78 is 10.3. The van der Waals surface area contributed by atoms with Gasteiger partial charge in [-0.1, -0.05) is 23.2 Å². The highest BCUT2D eigenvalue weighted by molar-refractivity contribution is 6.36. The Morgan fingerprint density at radius 1 is 1.14 bits per heavy atom. The molecule has 21 heavy (non-hydrogen) atoms. The van der Waals surface area contributed by atoms with Gasteiger partial charge in [-0.15, -0.1) is 0 Å². The monoisotopic (exact) mass is 326 g/mol. The Labute approximate surface area is 131 Å². The number of anilines is 1. The summed E-state index contributed by atoms with van der Waals surface area (Å²) >= 11 is 12.1. The van der Waals surface area contributed by atoms with Crippen LogP contribution in [0.25, 0.3) is 0 Å². The molecule has 0 spiro atoms. The van der Waals surface area contributed by atoms with E-state index in [0.29, 0.717) is 27.2 Å². The number of nitrogens with zero attached hydrogens (tertiary/aromatic N) is 1. The lowest BCUT2D eigenvalue weighted by molar-refractivity contribution is 0.102. The molecular weight excluding hydrogens is 315 g/mol. The summed E-state index contributed by atoms with van der Waals surface area (Å²) in [6.45, 7) is 0. The van der Waals surface area contributed by atoms with Crippen molar-refractivity contribution in [1.82, 2.24) is 4.98 Å². The van der Waals surface area contributed by atoms with Crippen LogP contribution in [0.15, 0.2) is 30.6 Å². The summed E-state index contributed by atoms with van der Waals surface area (Å²) in [5.41, 5.74) is 0.643. The van der Waals surface area contributed by atoms with Crippen molar-refractivity contribution in [3.8, 4) is 11.5 Å². The van der Waals surface area contributed by atoms with E-state index >= 15 is 0 Å². The second-order valence-electron chi connectivity index (χ2n) is 4.00. The minimum Gasteiger partial charge on any atom is -0.493 e. The zero-order valence-electron chi connectivity index (χ0n) is 11.3. The molecule has 0 bridgehead atoms. The second-order valence-corrected chi connectivity index (χ2v) is 4.81. The molecule has 110 valence electrons. The summed E-state index contributed by atoms with van der Waals surface area (Å²) in [6, 6.07) is 4.66. The van der Waals surface area contributed by atoms with Gasteiger partial charge in [0, 0.05) is 24.5 Å². The SMILES string of the molecule is COc1cc(Cl)c(NC(=O)c2cnccc2Cl)cc1OC. The summed E-state index contributed by atoms with van der Waals surface area (Å²) in [5.74, 6) is 0.511. The molecule has 0 radical (unpaired) electrons. The number of nitrogens with one attached hydrogen (secondary N) is 1. The summed E-state index contributed by atoms with van der Waals surface area (Å²) in [7, 11) is 3.00. The quantitative estimate of drug-likeness (QED) is 0.931. The lowest BCUT2D eigenvalue weighted by Gasteiger charge is -2.12. The van der Waals surface area contributed by atoms with Gasteiger partial charge >= 0.3 is 0 Å². The van der Waals surface area contributed by atoms with Crippen molar-refractivity contribution in [3.05, 3.63) is 46.2 Å². The van der Waals surface area contributed by atoms with Gasteiger partial charge in [-0.25, -0.2) is 0 Å². The van der Waals surface area contributed by atoms with Crippen LogP contribution in [0.3, 0.4) is 0 Å². The molecule has 7 heteroatoms. The smallest absolute Gasteiger partial charge is 0.258 e. The van der Waals surface area contributed by atoms with Crippen molar-refractivity contribution in [2.75, 3.05) is 19.5 Å². The van der Waals surface area contributed by atoms with Crippen LogP contribution in [-0.4, -0.2) is 25.1 Å². The number of benzene rings is 1. The van der Waals surface area contributed by atoms with E-state index in [0.717, 1.165) is 0 Å². The minimum absolute atomic E-state index is 0.255. The van der Waals surface area contributed by atoms with Crippen LogP contribution in [0.2, 0.25) is 10.0 Å². The van der Waals surface area contributed by atoms with E-state index in [1.54, 1.807) is 12.1 Å². The number of amides is 1. The summed E-state index contributed by atoms with van der Waals surface area (Å²) in [5, 5.41) is 3.29. The van der Waals surface area contributed by atoms with E-state index in [-0.39, 0.29) is 5.56 Å². The maximum absolute atomic E-state index is 12.2. The average Bonchev–Trinajstić information content (AvgIpc) is 2.49. The molecular formula is C14H12Cl2N2O3. The zero-order valence-corrected chi connectivity index (χ0v) is 12.8. The predicted molar refractivity (Wildman–Crippen MR) is 81.8 cm³/mol. The van der Waals surface area contributed by atoms with Crippen LogP contribution >= 0.6 is 23.2 Å². The van der Waals surface area contributed by atoms with Crippen LogP contribution in [-0.2, 0) is 0 Å². The first kappa shape index (κ1) is 15.4. The highest BCUT2D eigenvalue weighted by Crippen LogP contribution is 2.36. The van der Waals surface area contributed by atoms with Gasteiger partial charge in [-0.3, -0.25) is 9.78 Å². The van der Waals surface area contributed by atoms with Gasteiger partial charge in [0.15, 0.2) is 11.5 Å². The predicted octanol–water partition coefficient (Wildman–Crippen LogP) is 3.66. The Hall–Kier alpha value is -1.98. The Morgan fingerprint density at radius 2 is 1.81 bits per heavy atom. The Kier molecular flexibility index (Phi) is 4.88. The highest BCUT2D eigenvalue weighted by Gasteiger charge is 2.15. The average molecular weight is 327 g/mol. The van der Waals surface area contributed by atoms with Crippen molar-refractivity contribution in [2.45, 2.75) is 0 Å². The fraction of sp³-hybridized carbons (Fsp3) is 0.143. The van der Waals surface area contributed by atoms with Gasteiger partial charge in [-0.05, 0) is 6.07 Å². The number of carbonyl (C=O) groups is 1. The standard InChI is InChI=1S/C14H12Cl2N2O3/c1-20-12-5-10(16)11(6-13(12)21-2)18-14(19)8-7-17-4-3-9(8)15/h3-7H,1-2H3,(H,18,19). The third kappa shape index (κ3) is 3.37. The molecule has 1 amide bonds. The Bertz CT molecular complexity index is 677. The number of ether oxygens (including phenoxy) is 2. The first-order valence-electron chi connectivity index (χ1n) is 5.89. The van der Waals surface area contributed by atoms with Crippen molar-refractivity contribution in [2.24, 2.45) is 0 Å². The van der Waals surface area contributed by atoms with E-state index in [1.807, 2.05) is 0 Å². The molecule has 5 nitrogen and oxygen atoms in total. The topological polar surface area (TPSA) is 60.5 Å².